The second-order valence-corrected chi connectivity index (χ2v) is 7.12. The monoisotopic (exact) mass is 407 g/mol. The number of anilines is 1. The number of hydrogen-bond donors (Lipinski definition) is 0. The normalized spacial score (nSPS) is 11.6. The SMILES string of the molecule is CN(CCc1ccccc1)c1nc(-c2cccc(C(F)(F)F)c2)nc2ccccc12. The molecule has 0 saturated carbocycles. The zero-order chi connectivity index (χ0) is 21.1. The quantitative estimate of drug-likeness (QED) is 0.407. The summed E-state index contributed by atoms with van der Waals surface area (Å²) in [5.41, 5.74) is 1.53. The highest BCUT2D eigenvalue weighted by atomic mass is 19.4. The highest BCUT2D eigenvalue weighted by Gasteiger charge is 2.30. The van der Waals surface area contributed by atoms with Crippen LogP contribution in [0.1, 0.15) is 11.1 Å². The standard InChI is InChI=1S/C24H20F3N3/c1-30(15-14-17-8-3-2-4-9-17)23-20-12-5-6-13-21(20)28-22(29-23)18-10-7-11-19(16-18)24(25,26)27/h2-13,16H,14-15H2,1H3. The number of rotatable bonds is 5. The number of hydrogen-bond acceptors (Lipinski definition) is 3. The summed E-state index contributed by atoms with van der Waals surface area (Å²) in [4.78, 5) is 11.2. The van der Waals surface area contributed by atoms with Gasteiger partial charge in [0.05, 0.1) is 11.1 Å². The second-order valence-electron chi connectivity index (χ2n) is 7.12. The molecule has 0 aliphatic carbocycles. The highest BCUT2D eigenvalue weighted by Crippen LogP contribution is 2.33. The van der Waals surface area contributed by atoms with Crippen LogP contribution in [0.5, 0.6) is 0 Å². The largest absolute Gasteiger partial charge is 0.416 e. The van der Waals surface area contributed by atoms with E-state index < -0.39 is 11.7 Å². The first-order valence-electron chi connectivity index (χ1n) is 9.61. The Morgan fingerprint density at radius 3 is 2.33 bits per heavy atom. The van der Waals surface area contributed by atoms with E-state index in [1.165, 1.54) is 11.6 Å². The van der Waals surface area contributed by atoms with Crippen molar-refractivity contribution in [3.63, 3.8) is 0 Å². The Bertz CT molecular complexity index is 1160. The van der Waals surface area contributed by atoms with Gasteiger partial charge in [-0.3, -0.25) is 0 Å². The Balaban J connectivity index is 1.73. The fourth-order valence-corrected chi connectivity index (χ4v) is 3.36. The molecule has 4 aromatic rings. The number of aromatic nitrogens is 2. The maximum Gasteiger partial charge on any atom is 0.416 e. The van der Waals surface area contributed by atoms with Crippen molar-refractivity contribution in [1.82, 2.24) is 9.97 Å². The highest BCUT2D eigenvalue weighted by molar-refractivity contribution is 5.91. The summed E-state index contributed by atoms with van der Waals surface area (Å²) in [6, 6.07) is 22.8. The molecule has 1 heterocycles. The first kappa shape index (κ1) is 19.9. The van der Waals surface area contributed by atoms with Gasteiger partial charge in [0.25, 0.3) is 0 Å². The van der Waals surface area contributed by atoms with Gasteiger partial charge in [-0.15, -0.1) is 0 Å². The molecular weight excluding hydrogens is 387 g/mol. The summed E-state index contributed by atoms with van der Waals surface area (Å²) in [6.45, 7) is 0.715. The van der Waals surface area contributed by atoms with Crippen LogP contribution in [-0.4, -0.2) is 23.6 Å². The topological polar surface area (TPSA) is 29.0 Å². The summed E-state index contributed by atoms with van der Waals surface area (Å²) < 4.78 is 39.5. The van der Waals surface area contributed by atoms with Crippen LogP contribution in [0.3, 0.4) is 0 Å². The number of fused-ring (bicyclic) bond motifs is 1. The molecule has 0 atom stereocenters. The first-order chi connectivity index (χ1) is 14.4. The minimum atomic E-state index is -4.41. The van der Waals surface area contributed by atoms with Crippen molar-refractivity contribution in [2.75, 3.05) is 18.5 Å². The second kappa shape index (κ2) is 8.14. The Labute approximate surface area is 172 Å². The third kappa shape index (κ3) is 4.27. The molecule has 0 bridgehead atoms. The van der Waals surface area contributed by atoms with Gasteiger partial charge in [0.1, 0.15) is 5.82 Å². The molecule has 3 nitrogen and oxygen atoms in total. The molecule has 6 heteroatoms. The minimum absolute atomic E-state index is 0.279. The molecule has 0 saturated heterocycles. The van der Waals surface area contributed by atoms with Crippen LogP contribution in [0.4, 0.5) is 19.0 Å². The summed E-state index contributed by atoms with van der Waals surface area (Å²) >= 11 is 0. The lowest BCUT2D eigenvalue weighted by Gasteiger charge is -2.21. The van der Waals surface area contributed by atoms with E-state index in [1.54, 1.807) is 6.07 Å². The average molecular weight is 407 g/mol. The summed E-state index contributed by atoms with van der Waals surface area (Å²) in [5, 5.41) is 0.865. The molecule has 0 unspecified atom stereocenters. The van der Waals surface area contributed by atoms with Gasteiger partial charge in [-0.25, -0.2) is 9.97 Å². The fourth-order valence-electron chi connectivity index (χ4n) is 3.36. The molecule has 0 aliphatic heterocycles. The van der Waals surface area contributed by atoms with E-state index >= 15 is 0 Å². The number of likely N-dealkylation sites (N-methyl/N-ethyl adjacent to an activating group) is 1. The maximum atomic E-state index is 13.2. The van der Waals surface area contributed by atoms with Crippen LogP contribution in [0.15, 0.2) is 78.9 Å². The van der Waals surface area contributed by atoms with Crippen LogP contribution < -0.4 is 4.90 Å². The van der Waals surface area contributed by atoms with E-state index in [9.17, 15) is 13.2 Å². The molecule has 4 rings (SSSR count). The minimum Gasteiger partial charge on any atom is -0.359 e. The van der Waals surface area contributed by atoms with Crippen LogP contribution in [0.25, 0.3) is 22.3 Å². The smallest absolute Gasteiger partial charge is 0.359 e. The third-order valence-electron chi connectivity index (χ3n) is 4.97. The van der Waals surface area contributed by atoms with Crippen molar-refractivity contribution in [2.24, 2.45) is 0 Å². The van der Waals surface area contributed by atoms with Gasteiger partial charge in [-0.2, -0.15) is 13.2 Å². The molecular formula is C24H20F3N3. The van der Waals surface area contributed by atoms with E-state index in [-0.39, 0.29) is 5.82 Å². The van der Waals surface area contributed by atoms with Crippen LogP contribution >= 0.6 is 0 Å². The van der Waals surface area contributed by atoms with Gasteiger partial charge < -0.3 is 4.90 Å². The van der Waals surface area contributed by atoms with Gasteiger partial charge in [0.2, 0.25) is 0 Å². The Kier molecular flexibility index (Phi) is 5.40. The number of alkyl halides is 3. The van der Waals surface area contributed by atoms with Crippen molar-refractivity contribution in [3.8, 4) is 11.4 Å². The maximum absolute atomic E-state index is 13.2. The number of benzene rings is 3. The molecule has 1 aromatic heterocycles. The molecule has 0 spiro atoms. The third-order valence-corrected chi connectivity index (χ3v) is 4.97. The van der Waals surface area contributed by atoms with Gasteiger partial charge in [0, 0.05) is 24.5 Å². The van der Waals surface area contributed by atoms with Crippen LogP contribution in [0.2, 0.25) is 0 Å². The summed E-state index contributed by atoms with van der Waals surface area (Å²) in [5.74, 6) is 0.977. The zero-order valence-corrected chi connectivity index (χ0v) is 16.4. The predicted molar refractivity (Wildman–Crippen MR) is 113 cm³/mol. The Morgan fingerprint density at radius 2 is 1.57 bits per heavy atom. The molecule has 0 radical (unpaired) electrons. The lowest BCUT2D eigenvalue weighted by atomic mass is 10.1. The lowest BCUT2D eigenvalue weighted by Crippen LogP contribution is -2.22. The number of para-hydroxylation sites is 1. The molecule has 30 heavy (non-hydrogen) atoms. The molecule has 152 valence electrons. The zero-order valence-electron chi connectivity index (χ0n) is 16.4. The van der Waals surface area contributed by atoms with Crippen molar-refractivity contribution in [1.29, 1.82) is 0 Å². The van der Waals surface area contributed by atoms with Gasteiger partial charge in [0.15, 0.2) is 5.82 Å². The van der Waals surface area contributed by atoms with Gasteiger partial charge >= 0.3 is 6.18 Å². The van der Waals surface area contributed by atoms with E-state index in [0.29, 0.717) is 23.4 Å². The van der Waals surface area contributed by atoms with Gasteiger partial charge in [-0.1, -0.05) is 54.6 Å². The lowest BCUT2D eigenvalue weighted by molar-refractivity contribution is -0.137. The van der Waals surface area contributed by atoms with Crippen molar-refractivity contribution in [3.05, 3.63) is 90.0 Å². The first-order valence-corrected chi connectivity index (χ1v) is 9.61. The van der Waals surface area contributed by atoms with E-state index in [2.05, 4.69) is 22.1 Å². The van der Waals surface area contributed by atoms with Crippen molar-refractivity contribution < 1.29 is 13.2 Å². The van der Waals surface area contributed by atoms with Gasteiger partial charge in [-0.05, 0) is 36.2 Å². The molecule has 0 amide bonds. The number of nitrogens with zero attached hydrogens (tertiary/aromatic N) is 3. The van der Waals surface area contributed by atoms with Crippen LogP contribution in [-0.2, 0) is 12.6 Å². The predicted octanol–water partition coefficient (Wildman–Crippen LogP) is 5.99. The molecule has 0 fully saturated rings. The van der Waals surface area contributed by atoms with Crippen molar-refractivity contribution in [2.45, 2.75) is 12.6 Å². The Morgan fingerprint density at radius 1 is 0.833 bits per heavy atom. The Hall–Kier alpha value is -3.41. The van der Waals surface area contributed by atoms with E-state index in [4.69, 9.17) is 0 Å². The molecule has 0 N–H and O–H groups in total. The van der Waals surface area contributed by atoms with Crippen LogP contribution in [0, 0.1) is 0 Å². The fraction of sp³-hybridized carbons (Fsp3) is 0.167. The van der Waals surface area contributed by atoms with E-state index in [1.807, 2.05) is 54.4 Å². The molecule has 0 aliphatic rings. The van der Waals surface area contributed by atoms with E-state index in [0.717, 1.165) is 23.9 Å². The number of halogens is 3. The average Bonchev–Trinajstić information content (AvgIpc) is 2.77. The van der Waals surface area contributed by atoms with Crippen molar-refractivity contribution >= 4 is 16.7 Å². The summed E-state index contributed by atoms with van der Waals surface area (Å²) in [7, 11) is 1.94. The molecule has 3 aromatic carbocycles. The summed E-state index contributed by atoms with van der Waals surface area (Å²) in [6.07, 6.45) is -3.59.